The van der Waals surface area contributed by atoms with Crippen LogP contribution in [0.5, 0.6) is 0 Å². The Labute approximate surface area is 126 Å². The van der Waals surface area contributed by atoms with Gasteiger partial charge >= 0.3 is 0 Å². The number of likely N-dealkylation sites (tertiary alicyclic amines) is 1. The third-order valence-electron chi connectivity index (χ3n) is 5.23. The molecule has 3 aliphatic rings. The SMILES string of the molecule is c1ccc2c(c1)SCCC2N1CCCC1C1CCCN1. The summed E-state index contributed by atoms with van der Waals surface area (Å²) < 4.78 is 0. The van der Waals surface area contributed by atoms with Gasteiger partial charge in [0.1, 0.15) is 0 Å². The van der Waals surface area contributed by atoms with Gasteiger partial charge in [0.15, 0.2) is 0 Å². The molecule has 1 aromatic rings. The quantitative estimate of drug-likeness (QED) is 0.897. The molecular weight excluding hydrogens is 264 g/mol. The number of nitrogens with one attached hydrogen (secondary N) is 1. The number of nitrogens with zero attached hydrogens (tertiary/aromatic N) is 1. The van der Waals surface area contributed by atoms with Gasteiger partial charge in [-0.3, -0.25) is 4.90 Å². The van der Waals surface area contributed by atoms with E-state index in [0.29, 0.717) is 6.04 Å². The monoisotopic (exact) mass is 288 g/mol. The molecule has 0 spiro atoms. The molecule has 0 bridgehead atoms. The van der Waals surface area contributed by atoms with Crippen LogP contribution in [0.4, 0.5) is 0 Å². The van der Waals surface area contributed by atoms with Crippen molar-refractivity contribution in [3.8, 4) is 0 Å². The zero-order valence-electron chi connectivity index (χ0n) is 12.1. The van der Waals surface area contributed by atoms with E-state index in [-0.39, 0.29) is 0 Å². The fourth-order valence-corrected chi connectivity index (χ4v) is 5.45. The second-order valence-corrected chi connectivity index (χ2v) is 7.48. The molecule has 2 fully saturated rings. The largest absolute Gasteiger partial charge is 0.312 e. The smallest absolute Gasteiger partial charge is 0.0370 e. The molecule has 0 saturated carbocycles. The van der Waals surface area contributed by atoms with Crippen LogP contribution in [0.25, 0.3) is 0 Å². The van der Waals surface area contributed by atoms with Gasteiger partial charge in [-0.2, -0.15) is 0 Å². The third-order valence-corrected chi connectivity index (χ3v) is 6.35. The van der Waals surface area contributed by atoms with Crippen LogP contribution >= 0.6 is 11.8 Å². The van der Waals surface area contributed by atoms with E-state index in [1.54, 1.807) is 5.56 Å². The lowest BCUT2D eigenvalue weighted by atomic mass is 9.98. The molecule has 3 unspecified atom stereocenters. The summed E-state index contributed by atoms with van der Waals surface area (Å²) in [6.45, 7) is 2.53. The lowest BCUT2D eigenvalue weighted by Crippen LogP contribution is -2.46. The molecule has 108 valence electrons. The number of thioether (sulfide) groups is 1. The van der Waals surface area contributed by atoms with E-state index < -0.39 is 0 Å². The van der Waals surface area contributed by atoms with Gasteiger partial charge < -0.3 is 5.32 Å². The molecule has 3 atom stereocenters. The molecule has 4 rings (SSSR count). The molecular formula is C17H24N2S. The first kappa shape index (κ1) is 13.2. The van der Waals surface area contributed by atoms with Crippen LogP contribution in [0, 0.1) is 0 Å². The predicted octanol–water partition coefficient (Wildman–Crippen LogP) is 3.44. The molecule has 0 amide bonds. The van der Waals surface area contributed by atoms with Crippen LogP contribution in [-0.2, 0) is 0 Å². The number of rotatable bonds is 2. The summed E-state index contributed by atoms with van der Waals surface area (Å²) in [4.78, 5) is 4.36. The first-order chi connectivity index (χ1) is 9.93. The van der Waals surface area contributed by atoms with Crippen LogP contribution in [0.3, 0.4) is 0 Å². The highest BCUT2D eigenvalue weighted by atomic mass is 32.2. The summed E-state index contributed by atoms with van der Waals surface area (Å²) in [7, 11) is 0. The van der Waals surface area contributed by atoms with Crippen molar-refractivity contribution in [1.29, 1.82) is 0 Å². The van der Waals surface area contributed by atoms with E-state index >= 15 is 0 Å². The highest BCUT2D eigenvalue weighted by molar-refractivity contribution is 7.99. The maximum Gasteiger partial charge on any atom is 0.0370 e. The van der Waals surface area contributed by atoms with Crippen LogP contribution in [0.1, 0.15) is 43.7 Å². The Morgan fingerprint density at radius 2 is 2.05 bits per heavy atom. The van der Waals surface area contributed by atoms with Gasteiger partial charge in [0.25, 0.3) is 0 Å². The van der Waals surface area contributed by atoms with E-state index in [9.17, 15) is 0 Å². The predicted molar refractivity (Wildman–Crippen MR) is 85.3 cm³/mol. The molecule has 3 heterocycles. The molecule has 0 aromatic heterocycles. The van der Waals surface area contributed by atoms with Crippen molar-refractivity contribution >= 4 is 11.8 Å². The Morgan fingerprint density at radius 3 is 2.95 bits per heavy atom. The van der Waals surface area contributed by atoms with Crippen molar-refractivity contribution < 1.29 is 0 Å². The Bertz CT molecular complexity index is 470. The summed E-state index contributed by atoms with van der Waals surface area (Å²) in [5, 5.41) is 3.74. The van der Waals surface area contributed by atoms with E-state index in [0.717, 1.165) is 12.1 Å². The number of fused-ring (bicyclic) bond motifs is 1. The highest BCUT2D eigenvalue weighted by Crippen LogP contribution is 2.42. The summed E-state index contributed by atoms with van der Waals surface area (Å²) in [5.41, 5.74) is 1.59. The van der Waals surface area contributed by atoms with E-state index in [2.05, 4.69) is 34.5 Å². The number of hydrogen-bond donors (Lipinski definition) is 1. The fourth-order valence-electron chi connectivity index (χ4n) is 4.34. The van der Waals surface area contributed by atoms with Crippen LogP contribution < -0.4 is 5.32 Å². The molecule has 1 N–H and O–H groups in total. The van der Waals surface area contributed by atoms with Crippen LogP contribution in [0.2, 0.25) is 0 Å². The average molecular weight is 288 g/mol. The normalized spacial score (nSPS) is 34.3. The Morgan fingerprint density at radius 1 is 1.10 bits per heavy atom. The molecule has 20 heavy (non-hydrogen) atoms. The molecule has 3 aliphatic heterocycles. The zero-order valence-corrected chi connectivity index (χ0v) is 12.9. The van der Waals surface area contributed by atoms with Gasteiger partial charge in [0.05, 0.1) is 0 Å². The van der Waals surface area contributed by atoms with Gasteiger partial charge in [0, 0.05) is 23.0 Å². The van der Waals surface area contributed by atoms with E-state index in [1.807, 2.05) is 11.8 Å². The standard InChI is InChI=1S/C17H24N2S/c1-2-8-17-13(5-1)15(9-12-20-17)19-11-4-7-16(19)14-6-3-10-18-14/h1-2,5,8,14-16,18H,3-4,6-7,9-12H2. The van der Waals surface area contributed by atoms with Crippen molar-refractivity contribution in [2.24, 2.45) is 0 Å². The van der Waals surface area contributed by atoms with Crippen molar-refractivity contribution in [3.05, 3.63) is 29.8 Å². The lowest BCUT2D eigenvalue weighted by Gasteiger charge is -2.39. The van der Waals surface area contributed by atoms with Crippen LogP contribution in [-0.4, -0.2) is 35.8 Å². The van der Waals surface area contributed by atoms with Crippen molar-refractivity contribution in [3.63, 3.8) is 0 Å². The zero-order chi connectivity index (χ0) is 13.4. The maximum atomic E-state index is 3.74. The minimum absolute atomic E-state index is 0.669. The first-order valence-electron chi connectivity index (χ1n) is 8.14. The van der Waals surface area contributed by atoms with Gasteiger partial charge in [-0.15, -0.1) is 11.8 Å². The van der Waals surface area contributed by atoms with Gasteiger partial charge in [-0.25, -0.2) is 0 Å². The van der Waals surface area contributed by atoms with Crippen LogP contribution in [0.15, 0.2) is 29.2 Å². The first-order valence-corrected chi connectivity index (χ1v) is 9.13. The second-order valence-electron chi connectivity index (χ2n) is 6.34. The summed E-state index contributed by atoms with van der Waals surface area (Å²) in [5.74, 6) is 1.28. The van der Waals surface area contributed by atoms with Gasteiger partial charge in [-0.05, 0) is 62.6 Å². The molecule has 3 heteroatoms. The van der Waals surface area contributed by atoms with Crippen molar-refractivity contribution in [1.82, 2.24) is 10.2 Å². The maximum absolute atomic E-state index is 3.74. The lowest BCUT2D eigenvalue weighted by molar-refractivity contribution is 0.146. The summed E-state index contributed by atoms with van der Waals surface area (Å²) in [6, 6.07) is 11.3. The summed E-state index contributed by atoms with van der Waals surface area (Å²) >= 11 is 2.04. The molecule has 0 aliphatic carbocycles. The van der Waals surface area contributed by atoms with E-state index in [1.165, 1.54) is 55.8 Å². The van der Waals surface area contributed by atoms with Gasteiger partial charge in [-0.1, -0.05) is 18.2 Å². The van der Waals surface area contributed by atoms with E-state index in [4.69, 9.17) is 0 Å². The van der Waals surface area contributed by atoms with Gasteiger partial charge in [0.2, 0.25) is 0 Å². The Balaban J connectivity index is 1.60. The molecule has 1 aromatic carbocycles. The Kier molecular flexibility index (Phi) is 3.76. The number of hydrogen-bond acceptors (Lipinski definition) is 3. The average Bonchev–Trinajstić information content (AvgIpc) is 3.17. The fraction of sp³-hybridized carbons (Fsp3) is 0.647. The topological polar surface area (TPSA) is 15.3 Å². The minimum atomic E-state index is 0.669. The van der Waals surface area contributed by atoms with Crippen molar-refractivity contribution in [2.45, 2.75) is 55.1 Å². The summed E-state index contributed by atoms with van der Waals surface area (Å²) in [6.07, 6.45) is 6.85. The Hall–Kier alpha value is -0.510. The van der Waals surface area contributed by atoms with Crippen molar-refractivity contribution in [2.75, 3.05) is 18.8 Å². The number of benzene rings is 1. The highest BCUT2D eigenvalue weighted by Gasteiger charge is 2.38. The molecule has 0 radical (unpaired) electrons. The second kappa shape index (κ2) is 5.70. The minimum Gasteiger partial charge on any atom is -0.312 e. The molecule has 2 saturated heterocycles. The molecule has 2 nitrogen and oxygen atoms in total. The third kappa shape index (κ3) is 2.30.